The van der Waals surface area contributed by atoms with Gasteiger partial charge in [-0.15, -0.1) is 0 Å². The van der Waals surface area contributed by atoms with Crippen LogP contribution in [-0.2, 0) is 0 Å². The molecule has 0 rings (SSSR count). The molecule has 0 aromatic heterocycles. The average Bonchev–Trinajstić information content (AvgIpc) is 1.86. The Morgan fingerprint density at radius 1 is 0.458 bits per heavy atom. The van der Waals surface area contributed by atoms with Crippen LogP contribution in [-0.4, -0.2) is 94.1 Å². The largest absolute Gasteiger partial charge is 3.00 e. The zero-order valence-electron chi connectivity index (χ0n) is 11.5. The van der Waals surface area contributed by atoms with Gasteiger partial charge in [-0.2, -0.15) is 0 Å². The number of aliphatic hydroxyl groups is 1. The molecule has 0 aliphatic heterocycles. The van der Waals surface area contributed by atoms with Gasteiger partial charge < -0.3 is 100 Å². The van der Waals surface area contributed by atoms with Gasteiger partial charge in [0.25, 0.3) is 0 Å². The van der Waals surface area contributed by atoms with Gasteiger partial charge in [-0.05, 0) is 0 Å². The predicted molar refractivity (Wildman–Crippen MR) is 77.5 cm³/mol. The van der Waals surface area contributed by atoms with Crippen molar-refractivity contribution in [3.63, 3.8) is 0 Å². The quantitative estimate of drug-likeness (QED) is 0.224. The van der Waals surface area contributed by atoms with E-state index in [0.29, 0.717) is 0 Å². The molecule has 24 heavy (non-hydrogen) atoms. The zero-order chi connectivity index (χ0) is 12.7. The van der Waals surface area contributed by atoms with Crippen LogP contribution in [0.1, 0.15) is 0 Å². The van der Waals surface area contributed by atoms with Crippen LogP contribution in [0.15, 0.2) is 0 Å². The maximum atomic E-state index is 8.25. The summed E-state index contributed by atoms with van der Waals surface area (Å²) in [5.74, 6) is 0. The molecule has 19 N–H and O–H groups in total. The summed E-state index contributed by atoms with van der Waals surface area (Å²) in [6, 6.07) is 0. The fourth-order valence-electron chi connectivity index (χ4n) is 0. The molecule has 0 unspecified atom stereocenters. The Bertz CT molecular complexity index is 122. The number of rotatable bonds is 0. The molecular weight excluding hydrogens is 385 g/mol. The van der Waals surface area contributed by atoms with E-state index in [1.807, 2.05) is 0 Å². The molecule has 0 aliphatic rings. The summed E-state index contributed by atoms with van der Waals surface area (Å²) in [4.78, 5) is 24.8. The molecule has 0 fully saturated rings. The molecule has 23 heteroatoms. The van der Waals surface area contributed by atoms with Crippen molar-refractivity contribution in [3.8, 4) is 0 Å². The van der Waals surface area contributed by atoms with Gasteiger partial charge in [0, 0.05) is 7.11 Å². The van der Waals surface area contributed by atoms with Crippen LogP contribution in [0, 0.1) is 46.0 Å². The first kappa shape index (κ1) is 156. The smallest absolute Gasteiger partial charge is 0.412 e. The first-order valence-corrected chi connectivity index (χ1v) is 2.09. The Hall–Kier alpha value is -2.27. The van der Waals surface area contributed by atoms with Crippen molar-refractivity contribution < 1.29 is 69.7 Å². The Balaban J connectivity index is -0.00000000413. The minimum atomic E-state index is -1.75. The minimum Gasteiger partial charge on any atom is -0.412 e. The van der Waals surface area contributed by atoms with Crippen LogP contribution < -0.4 is 0 Å². The van der Waals surface area contributed by atoms with Gasteiger partial charge in [-0.25, -0.2) is 0 Å². The van der Waals surface area contributed by atoms with E-state index < -0.39 is 15.3 Å². The molecule has 0 spiro atoms. The molecule has 0 aromatic carbocycles. The van der Waals surface area contributed by atoms with Crippen LogP contribution in [0.5, 0.6) is 0 Å². The first-order chi connectivity index (χ1) is 6.20. The Morgan fingerprint density at radius 2 is 0.458 bits per heavy atom. The van der Waals surface area contributed by atoms with Gasteiger partial charge in [0.1, 0.15) is 0 Å². The molecule has 0 atom stereocenters. The second-order valence-electron chi connectivity index (χ2n) is 0.671. The number of hydrogen-bond donors (Lipinski definition) is 1. The van der Waals surface area contributed by atoms with Gasteiger partial charge in [0.2, 0.25) is 0 Å². The standard InChI is InChI=1S/CH4O.Al.3NO3.9H2O/c1-2;;3*2-1(3)4;;;;;;;;;/h2H,1H3;;;;;9*1H2/q;+3;3*-1;;;;;;;;;. The van der Waals surface area contributed by atoms with E-state index >= 15 is 0 Å². The van der Waals surface area contributed by atoms with Crippen molar-refractivity contribution in [1.29, 1.82) is 0 Å². The summed E-state index contributed by atoms with van der Waals surface area (Å²) < 4.78 is 0. The molecule has 0 aromatic rings. The van der Waals surface area contributed by atoms with Crippen molar-refractivity contribution in [3.05, 3.63) is 46.0 Å². The summed E-state index contributed by atoms with van der Waals surface area (Å²) in [6.07, 6.45) is 0. The second-order valence-corrected chi connectivity index (χ2v) is 0.671. The van der Waals surface area contributed by atoms with E-state index in [2.05, 4.69) is 0 Å². The normalized spacial score (nSPS) is 3.25. The Labute approximate surface area is 141 Å². The van der Waals surface area contributed by atoms with E-state index in [0.717, 1.165) is 7.11 Å². The molecule has 158 valence electrons. The van der Waals surface area contributed by atoms with Crippen LogP contribution >= 0.6 is 0 Å². The second kappa shape index (κ2) is 178. The van der Waals surface area contributed by atoms with Gasteiger partial charge in [0.05, 0.1) is 15.3 Å². The zero-order valence-corrected chi connectivity index (χ0v) is 12.7. The maximum absolute atomic E-state index is 8.25. The molecule has 22 nitrogen and oxygen atoms in total. The monoisotopic (exact) mass is 407 g/mol. The SMILES string of the molecule is CO.O.O.O.O.O.O.O.O.O.O=[N+]([O-])[O-].O=[N+]([O-])[O-].O=[N+]([O-])[O-].[Al+3]. The van der Waals surface area contributed by atoms with Crippen LogP contribution in [0.4, 0.5) is 0 Å². The number of hydrogen-bond acceptors (Lipinski definition) is 10. The first-order valence-electron chi connectivity index (χ1n) is 2.09. The number of nitrogens with zero attached hydrogens (tertiary/aromatic N) is 3. The third-order valence-electron chi connectivity index (χ3n) is 0. The molecule has 0 bridgehead atoms. The van der Waals surface area contributed by atoms with Crippen molar-refractivity contribution in [2.24, 2.45) is 0 Å². The van der Waals surface area contributed by atoms with Gasteiger partial charge in [-0.3, -0.25) is 0 Å². The summed E-state index contributed by atoms with van der Waals surface area (Å²) in [6.45, 7) is 0. The third kappa shape index (κ3) is 1350. The Kier molecular flexibility index (Phi) is 1160. The van der Waals surface area contributed by atoms with Crippen LogP contribution in [0.3, 0.4) is 0 Å². The van der Waals surface area contributed by atoms with E-state index in [9.17, 15) is 0 Å². The molecule has 0 aliphatic carbocycles. The van der Waals surface area contributed by atoms with Crippen molar-refractivity contribution >= 4 is 17.4 Å². The van der Waals surface area contributed by atoms with E-state index in [1.54, 1.807) is 0 Å². The minimum absolute atomic E-state index is 0. The molecule has 0 saturated carbocycles. The fraction of sp³-hybridized carbons (Fsp3) is 1.00. The van der Waals surface area contributed by atoms with Gasteiger partial charge in [0.15, 0.2) is 0 Å². The van der Waals surface area contributed by atoms with E-state index in [-0.39, 0.29) is 66.6 Å². The fourth-order valence-corrected chi connectivity index (χ4v) is 0. The molecule has 0 radical (unpaired) electrons. The molecule has 0 heterocycles. The van der Waals surface area contributed by atoms with Gasteiger partial charge in [-0.1, -0.05) is 0 Å². The maximum Gasteiger partial charge on any atom is 3.00 e. The Morgan fingerprint density at radius 3 is 0.458 bits per heavy atom. The number of aliphatic hydroxyl groups excluding tert-OH is 1. The summed E-state index contributed by atoms with van der Waals surface area (Å²) >= 11 is 0. The van der Waals surface area contributed by atoms with E-state index in [1.165, 1.54) is 0 Å². The molecule has 0 saturated heterocycles. The predicted octanol–water partition coefficient (Wildman–Crippen LogP) is -8.91. The molecule has 0 amide bonds. The van der Waals surface area contributed by atoms with Crippen molar-refractivity contribution in [1.82, 2.24) is 0 Å². The van der Waals surface area contributed by atoms with Crippen molar-refractivity contribution in [2.75, 3.05) is 7.11 Å². The summed E-state index contributed by atoms with van der Waals surface area (Å²) in [7, 11) is 1.00. The van der Waals surface area contributed by atoms with Crippen LogP contribution in [0.2, 0.25) is 0 Å². The van der Waals surface area contributed by atoms with Crippen molar-refractivity contribution in [2.45, 2.75) is 0 Å². The average molecular weight is 407 g/mol. The third-order valence-corrected chi connectivity index (χ3v) is 0. The summed E-state index contributed by atoms with van der Waals surface area (Å²) in [5.41, 5.74) is 0. The summed E-state index contributed by atoms with van der Waals surface area (Å²) in [5, 5.41) is 51.2. The van der Waals surface area contributed by atoms with E-state index in [4.69, 9.17) is 51.1 Å². The molecular formula is CH22AlN3O19. The topological polar surface area (TPSA) is 502 Å². The van der Waals surface area contributed by atoms with Gasteiger partial charge >= 0.3 is 17.4 Å². The van der Waals surface area contributed by atoms with Crippen LogP contribution in [0.25, 0.3) is 0 Å².